The largest absolute Gasteiger partial charge is 0.489 e. The van der Waals surface area contributed by atoms with E-state index in [2.05, 4.69) is 6.07 Å². The van der Waals surface area contributed by atoms with Crippen LogP contribution in [0.5, 0.6) is 5.75 Å². The summed E-state index contributed by atoms with van der Waals surface area (Å²) < 4.78 is 5.79. The van der Waals surface area contributed by atoms with E-state index in [4.69, 9.17) is 15.7 Å². The highest BCUT2D eigenvalue weighted by Gasteiger charge is 2.33. The van der Waals surface area contributed by atoms with Crippen LogP contribution in [-0.2, 0) is 6.61 Å². The molecule has 1 fully saturated rings. The highest BCUT2D eigenvalue weighted by atomic mass is 16.5. The van der Waals surface area contributed by atoms with E-state index < -0.39 is 0 Å². The summed E-state index contributed by atoms with van der Waals surface area (Å²) in [6, 6.07) is 17.1. The number of amides is 2. The quantitative estimate of drug-likeness (QED) is 0.924. The molecule has 5 heteroatoms. The zero-order chi connectivity index (χ0) is 17.8. The lowest BCUT2D eigenvalue weighted by atomic mass is 10.0. The predicted octanol–water partition coefficient (Wildman–Crippen LogP) is 3.74. The number of ether oxygens (including phenoxy) is 1. The Morgan fingerprint density at radius 1 is 1.24 bits per heavy atom. The van der Waals surface area contributed by atoms with Gasteiger partial charge in [-0.15, -0.1) is 0 Å². The van der Waals surface area contributed by atoms with Gasteiger partial charge in [0.2, 0.25) is 0 Å². The molecule has 0 radical (unpaired) electrons. The molecule has 2 atom stereocenters. The minimum Gasteiger partial charge on any atom is -0.489 e. The number of nitrogens with two attached hydrogens (primary N) is 1. The van der Waals surface area contributed by atoms with Gasteiger partial charge in [0.05, 0.1) is 17.7 Å². The summed E-state index contributed by atoms with van der Waals surface area (Å²) in [7, 11) is 0. The minimum absolute atomic E-state index is 0.0286. The molecule has 3 rings (SSSR count). The van der Waals surface area contributed by atoms with Gasteiger partial charge in [-0.3, -0.25) is 0 Å². The van der Waals surface area contributed by atoms with Crippen LogP contribution in [0.25, 0.3) is 0 Å². The van der Waals surface area contributed by atoms with Crippen molar-refractivity contribution in [2.75, 3.05) is 0 Å². The van der Waals surface area contributed by atoms with E-state index in [0.29, 0.717) is 12.2 Å². The molecule has 25 heavy (non-hydrogen) atoms. The lowest BCUT2D eigenvalue weighted by Crippen LogP contribution is -2.39. The Bertz CT molecular complexity index is 795. The maximum Gasteiger partial charge on any atom is 0.315 e. The van der Waals surface area contributed by atoms with Crippen molar-refractivity contribution >= 4 is 6.03 Å². The molecule has 1 heterocycles. The van der Waals surface area contributed by atoms with Gasteiger partial charge in [-0.05, 0) is 43.5 Å². The van der Waals surface area contributed by atoms with Crippen molar-refractivity contribution in [2.24, 2.45) is 5.73 Å². The zero-order valence-corrected chi connectivity index (χ0v) is 14.2. The van der Waals surface area contributed by atoms with Crippen molar-refractivity contribution < 1.29 is 9.53 Å². The molecule has 5 nitrogen and oxygen atoms in total. The number of urea groups is 1. The van der Waals surface area contributed by atoms with Crippen molar-refractivity contribution in [1.29, 1.82) is 5.26 Å². The van der Waals surface area contributed by atoms with Crippen LogP contribution >= 0.6 is 0 Å². The van der Waals surface area contributed by atoms with Crippen LogP contribution in [0.4, 0.5) is 4.79 Å². The minimum atomic E-state index is -0.372. The molecular formula is C20H21N3O2. The van der Waals surface area contributed by atoms with Crippen LogP contribution in [0.15, 0.2) is 48.5 Å². The van der Waals surface area contributed by atoms with Gasteiger partial charge in [0, 0.05) is 11.6 Å². The molecule has 128 valence electrons. The molecule has 1 saturated heterocycles. The van der Waals surface area contributed by atoms with Gasteiger partial charge in [0.1, 0.15) is 12.4 Å². The topological polar surface area (TPSA) is 79.3 Å². The average molecular weight is 335 g/mol. The Labute approximate surface area is 147 Å². The van der Waals surface area contributed by atoms with E-state index in [1.807, 2.05) is 49.4 Å². The average Bonchev–Trinajstić information content (AvgIpc) is 3.02. The molecule has 2 aromatic carbocycles. The molecule has 2 aromatic rings. The summed E-state index contributed by atoms with van der Waals surface area (Å²) in [5.41, 5.74) is 8.07. The third-order valence-electron chi connectivity index (χ3n) is 4.72. The fourth-order valence-electron chi connectivity index (χ4n) is 3.39. The van der Waals surface area contributed by atoms with Gasteiger partial charge in [-0.2, -0.15) is 5.26 Å². The number of rotatable bonds is 4. The van der Waals surface area contributed by atoms with Gasteiger partial charge in [0.15, 0.2) is 0 Å². The second-order valence-corrected chi connectivity index (χ2v) is 6.31. The van der Waals surface area contributed by atoms with Crippen LogP contribution in [0, 0.1) is 11.3 Å². The van der Waals surface area contributed by atoms with Gasteiger partial charge in [-0.1, -0.05) is 30.3 Å². The number of benzene rings is 2. The first-order chi connectivity index (χ1) is 12.1. The fourth-order valence-corrected chi connectivity index (χ4v) is 3.39. The highest BCUT2D eigenvalue weighted by Crippen LogP contribution is 2.36. The van der Waals surface area contributed by atoms with Crippen LogP contribution < -0.4 is 10.5 Å². The Balaban J connectivity index is 1.69. The van der Waals surface area contributed by atoms with Crippen molar-refractivity contribution in [2.45, 2.75) is 38.5 Å². The van der Waals surface area contributed by atoms with Crippen LogP contribution in [-0.4, -0.2) is 17.0 Å². The van der Waals surface area contributed by atoms with E-state index >= 15 is 0 Å². The standard InChI is InChI=1S/C20H21N3O2/c1-14-6-11-19(23(14)20(22)24)15-7-9-18(10-8-15)25-13-17-5-3-2-4-16(17)12-21/h2-5,7-10,14,19H,6,11,13H2,1H3,(H2,22,24)/t14?,19-/m1/s1. The summed E-state index contributed by atoms with van der Waals surface area (Å²) in [4.78, 5) is 13.4. The first-order valence-corrected chi connectivity index (χ1v) is 8.38. The van der Waals surface area contributed by atoms with E-state index in [1.54, 1.807) is 11.0 Å². The third kappa shape index (κ3) is 3.58. The molecule has 1 aliphatic rings. The lowest BCUT2D eigenvalue weighted by molar-refractivity contribution is 0.186. The van der Waals surface area contributed by atoms with Gasteiger partial charge < -0.3 is 15.4 Å². The van der Waals surface area contributed by atoms with Crippen LogP contribution in [0.2, 0.25) is 0 Å². The molecule has 0 aliphatic carbocycles. The molecule has 2 amide bonds. The first kappa shape index (κ1) is 16.8. The van der Waals surface area contributed by atoms with E-state index in [9.17, 15) is 4.79 Å². The summed E-state index contributed by atoms with van der Waals surface area (Å²) >= 11 is 0. The maximum atomic E-state index is 11.7. The van der Waals surface area contributed by atoms with E-state index in [-0.39, 0.29) is 18.1 Å². The number of primary amides is 1. The number of hydrogen-bond acceptors (Lipinski definition) is 3. The van der Waals surface area contributed by atoms with Crippen molar-refractivity contribution in [3.8, 4) is 11.8 Å². The molecule has 2 N–H and O–H groups in total. The normalized spacial score (nSPS) is 19.4. The SMILES string of the molecule is CC1CC[C@H](c2ccc(OCc3ccccc3C#N)cc2)N1C(N)=O. The summed E-state index contributed by atoms with van der Waals surface area (Å²) in [5, 5.41) is 9.12. The number of carbonyl (C=O) groups is 1. The molecule has 1 unspecified atom stereocenters. The third-order valence-corrected chi connectivity index (χ3v) is 4.72. The van der Waals surface area contributed by atoms with Crippen molar-refractivity contribution in [3.63, 3.8) is 0 Å². The second kappa shape index (κ2) is 7.27. The smallest absolute Gasteiger partial charge is 0.315 e. The summed E-state index contributed by atoms with van der Waals surface area (Å²) in [5.74, 6) is 0.730. The number of hydrogen-bond donors (Lipinski definition) is 1. The predicted molar refractivity (Wildman–Crippen MR) is 94.8 cm³/mol. The highest BCUT2D eigenvalue weighted by molar-refractivity contribution is 5.73. The molecule has 0 bridgehead atoms. The van der Waals surface area contributed by atoms with Crippen molar-refractivity contribution in [3.05, 3.63) is 65.2 Å². The number of nitriles is 1. The number of likely N-dealkylation sites (tertiary alicyclic amines) is 1. The molecule has 0 spiro atoms. The van der Waals surface area contributed by atoms with E-state index in [0.717, 1.165) is 29.7 Å². The second-order valence-electron chi connectivity index (χ2n) is 6.31. The van der Waals surface area contributed by atoms with Gasteiger partial charge in [-0.25, -0.2) is 4.79 Å². The van der Waals surface area contributed by atoms with Gasteiger partial charge >= 0.3 is 6.03 Å². The summed E-state index contributed by atoms with van der Waals surface area (Å²) in [6.07, 6.45) is 1.87. The Morgan fingerprint density at radius 2 is 1.96 bits per heavy atom. The van der Waals surface area contributed by atoms with Crippen LogP contribution in [0.3, 0.4) is 0 Å². The summed E-state index contributed by atoms with van der Waals surface area (Å²) in [6.45, 7) is 2.37. The monoisotopic (exact) mass is 335 g/mol. The lowest BCUT2D eigenvalue weighted by Gasteiger charge is -2.27. The Kier molecular flexibility index (Phi) is 4.90. The van der Waals surface area contributed by atoms with Crippen molar-refractivity contribution in [1.82, 2.24) is 4.90 Å². The Morgan fingerprint density at radius 3 is 2.64 bits per heavy atom. The first-order valence-electron chi connectivity index (χ1n) is 8.38. The number of nitrogens with zero attached hydrogens (tertiary/aromatic N) is 2. The molecule has 0 saturated carbocycles. The molecule has 1 aliphatic heterocycles. The Hall–Kier alpha value is -3.00. The van der Waals surface area contributed by atoms with E-state index in [1.165, 1.54) is 0 Å². The van der Waals surface area contributed by atoms with Crippen LogP contribution in [0.1, 0.15) is 42.5 Å². The number of carbonyl (C=O) groups excluding carboxylic acids is 1. The zero-order valence-electron chi connectivity index (χ0n) is 14.2. The molecular weight excluding hydrogens is 314 g/mol. The maximum absolute atomic E-state index is 11.7. The fraction of sp³-hybridized carbons (Fsp3) is 0.300. The molecule has 0 aromatic heterocycles. The van der Waals surface area contributed by atoms with Gasteiger partial charge in [0.25, 0.3) is 0 Å².